The Labute approximate surface area is 121 Å². The molecule has 0 aliphatic carbocycles. The molecule has 0 aliphatic rings. The van der Waals surface area contributed by atoms with Crippen molar-refractivity contribution in [1.29, 1.82) is 0 Å². The minimum Gasteiger partial charge on any atom is -0.486 e. The summed E-state index contributed by atoms with van der Waals surface area (Å²) in [5, 5.41) is 16.2. The lowest BCUT2D eigenvalue weighted by atomic mass is 10.2. The lowest BCUT2D eigenvalue weighted by molar-refractivity contribution is -0.384. The van der Waals surface area contributed by atoms with Crippen LogP contribution in [0.3, 0.4) is 0 Å². The quantitative estimate of drug-likeness (QED) is 0.624. The van der Waals surface area contributed by atoms with Crippen LogP contribution in [0, 0.1) is 10.1 Å². The van der Waals surface area contributed by atoms with Crippen LogP contribution in [0.2, 0.25) is 0 Å². The Bertz CT molecular complexity index is 570. The molecule has 1 N–H and O–H groups in total. The summed E-state index contributed by atoms with van der Waals surface area (Å²) >= 11 is 1.65. The maximum Gasteiger partial charge on any atom is 0.333 e. The third kappa shape index (κ3) is 3.48. The molecule has 20 heavy (non-hydrogen) atoms. The van der Waals surface area contributed by atoms with Crippen molar-refractivity contribution in [3.05, 3.63) is 50.7 Å². The molecule has 2 rings (SSSR count). The number of nitro groups is 1. The molecule has 0 aliphatic heterocycles. The summed E-state index contributed by atoms with van der Waals surface area (Å²) < 4.78 is 5.58. The van der Waals surface area contributed by atoms with Crippen molar-refractivity contribution in [3.63, 3.8) is 0 Å². The summed E-state index contributed by atoms with van der Waals surface area (Å²) in [6.45, 7) is 2.95. The third-order valence-electron chi connectivity index (χ3n) is 2.73. The fourth-order valence-corrected chi connectivity index (χ4v) is 2.57. The third-order valence-corrected chi connectivity index (χ3v) is 3.67. The van der Waals surface area contributed by atoms with Crippen molar-refractivity contribution in [2.75, 3.05) is 18.5 Å². The molecule has 0 saturated heterocycles. The fourth-order valence-electron chi connectivity index (χ4n) is 1.88. The summed E-state index contributed by atoms with van der Waals surface area (Å²) in [6.07, 6.45) is 0.750. The zero-order chi connectivity index (χ0) is 14.4. The van der Waals surface area contributed by atoms with Gasteiger partial charge in [0.1, 0.15) is 5.69 Å². The first-order chi connectivity index (χ1) is 9.72. The largest absolute Gasteiger partial charge is 0.486 e. The van der Waals surface area contributed by atoms with Gasteiger partial charge in [0, 0.05) is 17.8 Å². The number of thiophene rings is 1. The summed E-state index contributed by atoms with van der Waals surface area (Å²) in [5.41, 5.74) is 0.492. The zero-order valence-corrected chi connectivity index (χ0v) is 12.0. The van der Waals surface area contributed by atoms with E-state index in [4.69, 9.17) is 4.74 Å². The standard InChI is InChI=1S/C14H16N2O3S/c1-2-15-12-6-3-7-13(14(12)16(17)18)19-9-8-11-5-4-10-20-11/h3-7,10,15H,2,8-9H2,1H3. The number of benzene rings is 1. The van der Waals surface area contributed by atoms with E-state index in [-0.39, 0.29) is 5.69 Å². The van der Waals surface area contributed by atoms with Gasteiger partial charge in [-0.15, -0.1) is 11.3 Å². The van der Waals surface area contributed by atoms with Crippen LogP contribution in [0.5, 0.6) is 5.75 Å². The van der Waals surface area contributed by atoms with Crippen LogP contribution in [0.15, 0.2) is 35.7 Å². The molecular weight excluding hydrogens is 276 g/mol. The van der Waals surface area contributed by atoms with Crippen molar-refractivity contribution in [1.82, 2.24) is 0 Å². The highest BCUT2D eigenvalue weighted by Crippen LogP contribution is 2.34. The molecule has 1 heterocycles. The van der Waals surface area contributed by atoms with Crippen LogP contribution in [0.25, 0.3) is 0 Å². The minimum atomic E-state index is -0.404. The predicted molar refractivity (Wildman–Crippen MR) is 80.8 cm³/mol. The Hall–Kier alpha value is -2.08. The van der Waals surface area contributed by atoms with Crippen molar-refractivity contribution in [2.45, 2.75) is 13.3 Å². The second-order valence-electron chi connectivity index (χ2n) is 4.12. The van der Waals surface area contributed by atoms with E-state index in [1.54, 1.807) is 29.5 Å². The van der Waals surface area contributed by atoms with Crippen molar-refractivity contribution in [3.8, 4) is 5.75 Å². The minimum absolute atomic E-state index is 0.000490. The Morgan fingerprint density at radius 1 is 1.35 bits per heavy atom. The molecular formula is C14H16N2O3S. The molecule has 0 spiro atoms. The summed E-state index contributed by atoms with van der Waals surface area (Å²) in [7, 11) is 0. The Morgan fingerprint density at radius 2 is 2.20 bits per heavy atom. The number of hydrogen-bond acceptors (Lipinski definition) is 5. The maximum absolute atomic E-state index is 11.2. The Morgan fingerprint density at radius 3 is 2.85 bits per heavy atom. The van der Waals surface area contributed by atoms with Crippen LogP contribution < -0.4 is 10.1 Å². The number of nitrogens with zero attached hydrogens (tertiary/aromatic N) is 1. The molecule has 0 amide bonds. The van der Waals surface area contributed by atoms with Gasteiger partial charge in [0.05, 0.1) is 11.5 Å². The highest BCUT2D eigenvalue weighted by Gasteiger charge is 2.20. The topological polar surface area (TPSA) is 64.4 Å². The molecule has 0 fully saturated rings. The van der Waals surface area contributed by atoms with E-state index < -0.39 is 4.92 Å². The maximum atomic E-state index is 11.2. The number of nitro benzene ring substituents is 1. The molecule has 0 radical (unpaired) electrons. The zero-order valence-electron chi connectivity index (χ0n) is 11.2. The van der Waals surface area contributed by atoms with E-state index in [0.29, 0.717) is 24.6 Å². The molecule has 5 nitrogen and oxygen atoms in total. The van der Waals surface area contributed by atoms with E-state index >= 15 is 0 Å². The molecule has 0 unspecified atom stereocenters. The Kier molecular flexibility index (Phi) is 4.95. The average Bonchev–Trinajstić information content (AvgIpc) is 2.92. The second-order valence-corrected chi connectivity index (χ2v) is 5.15. The molecule has 1 aromatic heterocycles. The highest BCUT2D eigenvalue weighted by atomic mass is 32.1. The first-order valence-electron chi connectivity index (χ1n) is 6.38. The molecule has 106 valence electrons. The van der Waals surface area contributed by atoms with E-state index in [2.05, 4.69) is 5.32 Å². The van der Waals surface area contributed by atoms with Gasteiger partial charge >= 0.3 is 5.69 Å². The first kappa shape index (κ1) is 14.3. The van der Waals surface area contributed by atoms with E-state index in [1.807, 2.05) is 24.4 Å². The van der Waals surface area contributed by atoms with Gasteiger partial charge in [-0.3, -0.25) is 10.1 Å². The summed E-state index contributed by atoms with van der Waals surface area (Å²) in [4.78, 5) is 12.0. The van der Waals surface area contributed by atoms with E-state index in [1.165, 1.54) is 4.88 Å². The molecule has 2 aromatic rings. The van der Waals surface area contributed by atoms with E-state index in [0.717, 1.165) is 6.42 Å². The molecule has 1 aromatic carbocycles. The lowest BCUT2D eigenvalue weighted by Gasteiger charge is -2.10. The number of ether oxygens (including phenoxy) is 1. The van der Waals surface area contributed by atoms with Gasteiger partial charge in [-0.1, -0.05) is 12.1 Å². The normalized spacial score (nSPS) is 10.2. The van der Waals surface area contributed by atoms with Gasteiger partial charge in [0.2, 0.25) is 0 Å². The van der Waals surface area contributed by atoms with Crippen molar-refractivity contribution in [2.24, 2.45) is 0 Å². The number of hydrogen-bond donors (Lipinski definition) is 1. The van der Waals surface area contributed by atoms with Gasteiger partial charge < -0.3 is 10.1 Å². The fraction of sp³-hybridized carbons (Fsp3) is 0.286. The van der Waals surface area contributed by atoms with Gasteiger partial charge in [0.15, 0.2) is 5.75 Å². The first-order valence-corrected chi connectivity index (χ1v) is 7.26. The molecule has 6 heteroatoms. The monoisotopic (exact) mass is 292 g/mol. The van der Waals surface area contributed by atoms with Crippen LogP contribution in [0.1, 0.15) is 11.8 Å². The van der Waals surface area contributed by atoms with Gasteiger partial charge in [-0.2, -0.15) is 0 Å². The van der Waals surface area contributed by atoms with Crippen LogP contribution >= 0.6 is 11.3 Å². The molecule has 0 saturated carbocycles. The predicted octanol–water partition coefficient (Wildman–Crippen LogP) is 3.71. The van der Waals surface area contributed by atoms with Gasteiger partial charge in [-0.25, -0.2) is 0 Å². The second kappa shape index (κ2) is 6.91. The Balaban J connectivity index is 2.09. The summed E-state index contributed by atoms with van der Waals surface area (Å²) in [5.74, 6) is 0.310. The SMILES string of the molecule is CCNc1cccc(OCCc2cccs2)c1[N+](=O)[O-]. The number of anilines is 1. The average molecular weight is 292 g/mol. The highest BCUT2D eigenvalue weighted by molar-refractivity contribution is 7.09. The number of rotatable bonds is 7. The van der Waals surface area contributed by atoms with E-state index in [9.17, 15) is 10.1 Å². The van der Waals surface area contributed by atoms with Crippen LogP contribution in [-0.4, -0.2) is 18.1 Å². The van der Waals surface area contributed by atoms with Crippen LogP contribution in [0.4, 0.5) is 11.4 Å². The molecule has 0 bridgehead atoms. The van der Waals surface area contributed by atoms with Crippen LogP contribution in [-0.2, 0) is 6.42 Å². The summed E-state index contributed by atoms with van der Waals surface area (Å²) in [6, 6.07) is 9.08. The van der Waals surface area contributed by atoms with Gasteiger partial charge in [-0.05, 0) is 30.5 Å². The lowest BCUT2D eigenvalue weighted by Crippen LogP contribution is -2.06. The van der Waals surface area contributed by atoms with Crippen molar-refractivity contribution < 1.29 is 9.66 Å². The number of nitrogens with one attached hydrogen (secondary N) is 1. The number of para-hydroxylation sites is 1. The van der Waals surface area contributed by atoms with Gasteiger partial charge in [0.25, 0.3) is 0 Å². The smallest absolute Gasteiger partial charge is 0.333 e. The molecule has 0 atom stereocenters. The van der Waals surface area contributed by atoms with Crippen molar-refractivity contribution >= 4 is 22.7 Å².